The summed E-state index contributed by atoms with van der Waals surface area (Å²) in [5, 5.41) is 0. The van der Waals surface area contributed by atoms with E-state index in [-0.39, 0.29) is 20.9 Å². The molecular formula is C23H30N4O5S2. The summed E-state index contributed by atoms with van der Waals surface area (Å²) in [4.78, 5) is 17.5. The van der Waals surface area contributed by atoms with Gasteiger partial charge in [0.25, 0.3) is 0 Å². The van der Waals surface area contributed by atoms with Crippen LogP contribution in [0.1, 0.15) is 15.9 Å². The van der Waals surface area contributed by atoms with E-state index in [2.05, 4.69) is 9.80 Å². The summed E-state index contributed by atoms with van der Waals surface area (Å²) in [5.74, 6) is -0.425. The molecule has 0 aliphatic carbocycles. The lowest BCUT2D eigenvalue weighted by atomic mass is 10.0. The largest absolute Gasteiger partial charge is 0.304 e. The molecule has 2 aliphatic heterocycles. The van der Waals surface area contributed by atoms with E-state index in [1.807, 2.05) is 14.1 Å². The third-order valence-electron chi connectivity index (χ3n) is 6.39. The minimum absolute atomic E-state index is 0.0594. The molecule has 4 rings (SSSR count). The average molecular weight is 507 g/mol. The fourth-order valence-corrected chi connectivity index (χ4v) is 7.05. The van der Waals surface area contributed by atoms with E-state index < -0.39 is 25.8 Å². The highest BCUT2D eigenvalue weighted by atomic mass is 32.2. The highest BCUT2D eigenvalue weighted by Gasteiger charge is 2.29. The standard InChI is InChI=1S/C23H30N4O5S2/c1-24-9-13-26(14-10-24)33(29,30)21-7-3-5-19(17-21)23(28)20-6-4-8-22(18-20)34(31,32)27-15-11-25(2)12-16-27/h3-8,17-18H,9-16H2,1-2H3. The van der Waals surface area contributed by atoms with E-state index in [4.69, 9.17) is 0 Å². The number of sulfonamides is 2. The van der Waals surface area contributed by atoms with Crippen molar-refractivity contribution >= 4 is 25.8 Å². The van der Waals surface area contributed by atoms with Crippen LogP contribution in [0.3, 0.4) is 0 Å². The molecule has 2 aliphatic rings. The topological polar surface area (TPSA) is 98.3 Å². The quantitative estimate of drug-likeness (QED) is 0.534. The van der Waals surface area contributed by atoms with Crippen LogP contribution in [-0.2, 0) is 20.0 Å². The average Bonchev–Trinajstić information content (AvgIpc) is 2.84. The number of piperazine rings is 2. The second kappa shape index (κ2) is 9.84. The third kappa shape index (κ3) is 5.09. The van der Waals surface area contributed by atoms with Crippen molar-refractivity contribution in [2.24, 2.45) is 0 Å². The lowest BCUT2D eigenvalue weighted by Gasteiger charge is -2.31. The minimum atomic E-state index is -3.73. The Balaban J connectivity index is 1.58. The number of likely N-dealkylation sites (N-methyl/N-ethyl adjacent to an activating group) is 2. The predicted molar refractivity (Wildman–Crippen MR) is 129 cm³/mol. The first kappa shape index (κ1) is 25.0. The maximum absolute atomic E-state index is 13.2. The SMILES string of the molecule is CN1CCN(S(=O)(=O)c2cccc(C(=O)c3cccc(S(=O)(=O)N4CCN(C)CC4)c3)c2)CC1. The Morgan fingerprint density at radius 2 is 0.971 bits per heavy atom. The normalized spacial score (nSPS) is 19.8. The van der Waals surface area contributed by atoms with Crippen molar-refractivity contribution in [1.82, 2.24) is 18.4 Å². The molecule has 0 atom stereocenters. The number of nitrogens with zero attached hydrogens (tertiary/aromatic N) is 4. The van der Waals surface area contributed by atoms with Crippen LogP contribution in [0.5, 0.6) is 0 Å². The van der Waals surface area contributed by atoms with Gasteiger partial charge in [-0.25, -0.2) is 16.8 Å². The fraction of sp³-hybridized carbons (Fsp3) is 0.435. The number of ketones is 1. The van der Waals surface area contributed by atoms with Crippen molar-refractivity contribution in [3.05, 3.63) is 59.7 Å². The molecule has 0 bridgehead atoms. The summed E-state index contributed by atoms with van der Waals surface area (Å²) in [6.07, 6.45) is 0. The van der Waals surface area contributed by atoms with Gasteiger partial charge in [0.2, 0.25) is 20.0 Å². The molecular weight excluding hydrogens is 476 g/mol. The summed E-state index contributed by atoms with van der Waals surface area (Å²) in [5.41, 5.74) is 0.397. The smallest absolute Gasteiger partial charge is 0.243 e. The number of hydrogen-bond donors (Lipinski definition) is 0. The van der Waals surface area contributed by atoms with Gasteiger partial charge in [-0.1, -0.05) is 24.3 Å². The van der Waals surface area contributed by atoms with Crippen LogP contribution < -0.4 is 0 Å². The molecule has 0 unspecified atom stereocenters. The maximum atomic E-state index is 13.2. The summed E-state index contributed by atoms with van der Waals surface area (Å²) in [7, 11) is -3.56. The first-order valence-corrected chi connectivity index (χ1v) is 14.1. The molecule has 2 aromatic rings. The van der Waals surface area contributed by atoms with E-state index in [0.717, 1.165) is 0 Å². The van der Waals surface area contributed by atoms with Crippen LogP contribution in [0.25, 0.3) is 0 Å². The Bertz CT molecular complexity index is 1170. The Hall–Kier alpha value is -2.15. The van der Waals surface area contributed by atoms with Crippen molar-refractivity contribution in [3.63, 3.8) is 0 Å². The first-order valence-electron chi connectivity index (χ1n) is 11.2. The molecule has 0 aromatic heterocycles. The molecule has 2 aromatic carbocycles. The molecule has 0 amide bonds. The molecule has 184 valence electrons. The van der Waals surface area contributed by atoms with Crippen LogP contribution >= 0.6 is 0 Å². The van der Waals surface area contributed by atoms with Crippen molar-refractivity contribution < 1.29 is 21.6 Å². The first-order chi connectivity index (χ1) is 16.1. The van der Waals surface area contributed by atoms with E-state index in [0.29, 0.717) is 52.4 Å². The van der Waals surface area contributed by atoms with Crippen LogP contribution in [0.4, 0.5) is 0 Å². The Kier molecular flexibility index (Phi) is 7.22. The lowest BCUT2D eigenvalue weighted by molar-refractivity contribution is 0.103. The van der Waals surface area contributed by atoms with Gasteiger partial charge in [-0.3, -0.25) is 4.79 Å². The van der Waals surface area contributed by atoms with Crippen LogP contribution in [-0.4, -0.2) is 107 Å². The van der Waals surface area contributed by atoms with Gasteiger partial charge < -0.3 is 9.80 Å². The molecule has 0 N–H and O–H groups in total. The highest BCUT2D eigenvalue weighted by Crippen LogP contribution is 2.23. The van der Waals surface area contributed by atoms with Crippen molar-refractivity contribution in [3.8, 4) is 0 Å². The fourth-order valence-electron chi connectivity index (χ4n) is 4.12. The summed E-state index contributed by atoms with van der Waals surface area (Å²) >= 11 is 0. The molecule has 2 saturated heterocycles. The molecule has 9 nitrogen and oxygen atoms in total. The van der Waals surface area contributed by atoms with E-state index in [1.54, 1.807) is 24.3 Å². The van der Waals surface area contributed by atoms with E-state index >= 15 is 0 Å². The molecule has 2 fully saturated rings. The van der Waals surface area contributed by atoms with Crippen molar-refractivity contribution in [2.75, 3.05) is 66.5 Å². The van der Waals surface area contributed by atoms with Gasteiger partial charge >= 0.3 is 0 Å². The third-order valence-corrected chi connectivity index (χ3v) is 10.2. The molecule has 0 spiro atoms. The monoisotopic (exact) mass is 506 g/mol. The van der Waals surface area contributed by atoms with Gasteiger partial charge in [-0.2, -0.15) is 8.61 Å². The zero-order chi connectivity index (χ0) is 24.5. The van der Waals surface area contributed by atoms with Crippen LogP contribution in [0.15, 0.2) is 58.3 Å². The van der Waals surface area contributed by atoms with Gasteiger partial charge in [0.15, 0.2) is 5.78 Å². The lowest BCUT2D eigenvalue weighted by Crippen LogP contribution is -2.47. The predicted octanol–water partition coefficient (Wildman–Crippen LogP) is 0.790. The number of carbonyl (C=O) groups excluding carboxylic acids is 1. The van der Waals surface area contributed by atoms with Gasteiger partial charge in [0.05, 0.1) is 9.79 Å². The summed E-state index contributed by atoms with van der Waals surface area (Å²) in [6.45, 7) is 4.15. The number of hydrogen-bond acceptors (Lipinski definition) is 7. The minimum Gasteiger partial charge on any atom is -0.304 e. The highest BCUT2D eigenvalue weighted by molar-refractivity contribution is 7.89. The zero-order valence-corrected chi connectivity index (χ0v) is 21.1. The maximum Gasteiger partial charge on any atom is 0.243 e. The van der Waals surface area contributed by atoms with Crippen LogP contribution in [0.2, 0.25) is 0 Å². The summed E-state index contributed by atoms with van der Waals surface area (Å²) < 4.78 is 55.2. The molecule has 0 saturated carbocycles. The van der Waals surface area contributed by atoms with E-state index in [9.17, 15) is 21.6 Å². The number of carbonyl (C=O) groups is 1. The molecule has 0 radical (unpaired) electrons. The summed E-state index contributed by atoms with van der Waals surface area (Å²) in [6, 6.07) is 11.9. The molecule has 2 heterocycles. The van der Waals surface area contributed by atoms with Crippen LogP contribution in [0, 0.1) is 0 Å². The van der Waals surface area contributed by atoms with Gasteiger partial charge in [0, 0.05) is 63.5 Å². The zero-order valence-electron chi connectivity index (χ0n) is 19.4. The molecule has 11 heteroatoms. The number of rotatable bonds is 6. The Morgan fingerprint density at radius 3 is 1.32 bits per heavy atom. The van der Waals surface area contributed by atoms with Crippen molar-refractivity contribution in [1.29, 1.82) is 0 Å². The Morgan fingerprint density at radius 1 is 0.618 bits per heavy atom. The van der Waals surface area contributed by atoms with E-state index in [1.165, 1.54) is 32.9 Å². The molecule has 34 heavy (non-hydrogen) atoms. The second-order valence-electron chi connectivity index (χ2n) is 8.80. The van der Waals surface area contributed by atoms with Gasteiger partial charge in [-0.05, 0) is 38.4 Å². The van der Waals surface area contributed by atoms with Gasteiger partial charge in [0.1, 0.15) is 0 Å². The number of benzene rings is 2. The van der Waals surface area contributed by atoms with Crippen molar-refractivity contribution in [2.45, 2.75) is 9.79 Å². The Labute approximate surface area is 201 Å². The second-order valence-corrected chi connectivity index (χ2v) is 12.7. The van der Waals surface area contributed by atoms with Gasteiger partial charge in [-0.15, -0.1) is 0 Å².